The molecule has 1 unspecified atom stereocenters. The fraction of sp³-hybridized carbons (Fsp3) is 0.286. The Hall–Kier alpha value is -1.82. The van der Waals surface area contributed by atoms with Crippen molar-refractivity contribution in [2.75, 3.05) is 0 Å². The summed E-state index contributed by atoms with van der Waals surface area (Å²) in [4.78, 5) is 16.4. The van der Waals surface area contributed by atoms with Gasteiger partial charge < -0.3 is 5.11 Å². The second-order valence-electron chi connectivity index (χ2n) is 4.73. The first-order chi connectivity index (χ1) is 9.56. The molecule has 0 saturated heterocycles. The number of hydrogen-bond acceptors (Lipinski definition) is 3. The lowest BCUT2D eigenvalue weighted by Crippen LogP contribution is -2.17. The number of halogens is 2. The molecule has 0 radical (unpaired) electrons. The van der Waals surface area contributed by atoms with Crippen LogP contribution in [0.15, 0.2) is 18.2 Å². The number of carboxylic acid groups (broad SMARTS) is 1. The molecule has 1 aromatic heterocycles. The molecule has 0 bridgehead atoms. The van der Waals surface area contributed by atoms with Crippen molar-refractivity contribution in [3.05, 3.63) is 40.4 Å². The number of fused-ring (bicyclic) bond motifs is 1. The molecule has 0 fully saturated rings. The highest BCUT2D eigenvalue weighted by atomic mass is 32.1. The second-order valence-corrected chi connectivity index (χ2v) is 5.82. The topological polar surface area (TPSA) is 50.2 Å². The summed E-state index contributed by atoms with van der Waals surface area (Å²) in [5.74, 6) is -2.84. The number of aryl methyl sites for hydroxylation is 1. The van der Waals surface area contributed by atoms with Crippen LogP contribution in [0.1, 0.15) is 29.3 Å². The maximum Gasteiger partial charge on any atom is 0.312 e. The van der Waals surface area contributed by atoms with Crippen LogP contribution in [0.3, 0.4) is 0 Å². The van der Waals surface area contributed by atoms with Gasteiger partial charge in [-0.2, -0.15) is 0 Å². The predicted molar refractivity (Wildman–Crippen MR) is 70.8 cm³/mol. The van der Waals surface area contributed by atoms with Crippen LogP contribution in [0.5, 0.6) is 0 Å². The van der Waals surface area contributed by atoms with E-state index in [1.807, 2.05) is 0 Å². The number of rotatable bonds is 2. The first-order valence-corrected chi connectivity index (χ1v) is 7.05. The highest BCUT2D eigenvalue weighted by molar-refractivity contribution is 7.15. The molecular formula is C14H11F2NO2S. The van der Waals surface area contributed by atoms with Gasteiger partial charge in [0.2, 0.25) is 0 Å². The van der Waals surface area contributed by atoms with E-state index in [0.717, 1.165) is 23.8 Å². The summed E-state index contributed by atoms with van der Waals surface area (Å²) in [7, 11) is 0. The zero-order valence-electron chi connectivity index (χ0n) is 10.4. The molecular weight excluding hydrogens is 284 g/mol. The van der Waals surface area contributed by atoms with E-state index in [4.69, 9.17) is 0 Å². The third-order valence-corrected chi connectivity index (χ3v) is 4.58. The normalized spacial score (nSPS) is 17.8. The van der Waals surface area contributed by atoms with E-state index in [1.54, 1.807) is 0 Å². The standard InChI is InChI=1S/C14H11F2NO2S/c15-7-4-5-8(10(16)6-7)13-17-12-9(14(18)19)2-1-3-11(12)20-13/h4-6,9H,1-3H2,(H,18,19). The van der Waals surface area contributed by atoms with Crippen LogP contribution in [0, 0.1) is 11.6 Å². The van der Waals surface area contributed by atoms with Crippen LogP contribution in [0.4, 0.5) is 8.78 Å². The van der Waals surface area contributed by atoms with E-state index >= 15 is 0 Å². The fourth-order valence-corrected chi connectivity index (χ4v) is 3.63. The van der Waals surface area contributed by atoms with Gasteiger partial charge in [-0.15, -0.1) is 11.3 Å². The average molecular weight is 295 g/mol. The van der Waals surface area contributed by atoms with Crippen molar-refractivity contribution in [2.45, 2.75) is 25.2 Å². The number of aliphatic carboxylic acids is 1. The Labute approximate surface area is 117 Å². The molecule has 3 rings (SSSR count). The zero-order chi connectivity index (χ0) is 14.3. The van der Waals surface area contributed by atoms with Crippen LogP contribution in [-0.2, 0) is 11.2 Å². The first-order valence-electron chi connectivity index (χ1n) is 6.24. The minimum absolute atomic E-state index is 0.218. The molecule has 6 heteroatoms. The van der Waals surface area contributed by atoms with Crippen molar-refractivity contribution in [3.8, 4) is 10.6 Å². The number of carbonyl (C=O) groups is 1. The van der Waals surface area contributed by atoms with Crippen LogP contribution in [-0.4, -0.2) is 16.1 Å². The van der Waals surface area contributed by atoms with E-state index in [2.05, 4.69) is 4.98 Å². The van der Waals surface area contributed by atoms with Crippen molar-refractivity contribution in [1.29, 1.82) is 0 Å². The second kappa shape index (κ2) is 4.94. The van der Waals surface area contributed by atoms with E-state index < -0.39 is 23.5 Å². The number of aromatic nitrogens is 1. The molecule has 1 atom stereocenters. The van der Waals surface area contributed by atoms with Crippen LogP contribution in [0.25, 0.3) is 10.6 Å². The van der Waals surface area contributed by atoms with Crippen LogP contribution in [0.2, 0.25) is 0 Å². The minimum Gasteiger partial charge on any atom is -0.481 e. The molecule has 104 valence electrons. The monoisotopic (exact) mass is 295 g/mol. The highest BCUT2D eigenvalue weighted by Gasteiger charge is 2.30. The summed E-state index contributed by atoms with van der Waals surface area (Å²) in [6, 6.07) is 3.32. The molecule has 20 heavy (non-hydrogen) atoms. The lowest BCUT2D eigenvalue weighted by atomic mass is 9.91. The maximum absolute atomic E-state index is 13.8. The molecule has 1 aliphatic rings. The molecule has 1 N–H and O–H groups in total. The zero-order valence-corrected chi connectivity index (χ0v) is 11.2. The van der Waals surface area contributed by atoms with Crippen molar-refractivity contribution >= 4 is 17.3 Å². The van der Waals surface area contributed by atoms with Gasteiger partial charge in [0.1, 0.15) is 16.6 Å². The SMILES string of the molecule is O=C(O)C1CCCc2sc(-c3ccc(F)cc3F)nc21. The van der Waals surface area contributed by atoms with Gasteiger partial charge >= 0.3 is 5.97 Å². The Kier molecular flexibility index (Phi) is 3.25. The van der Waals surface area contributed by atoms with Crippen molar-refractivity contribution in [1.82, 2.24) is 4.98 Å². The van der Waals surface area contributed by atoms with Crippen molar-refractivity contribution in [2.24, 2.45) is 0 Å². The third-order valence-electron chi connectivity index (χ3n) is 3.41. The Balaban J connectivity index is 2.07. The van der Waals surface area contributed by atoms with Gasteiger partial charge in [-0.3, -0.25) is 4.79 Å². The summed E-state index contributed by atoms with van der Waals surface area (Å²) >= 11 is 1.29. The van der Waals surface area contributed by atoms with Crippen molar-refractivity contribution in [3.63, 3.8) is 0 Å². The first kappa shape index (κ1) is 13.2. The van der Waals surface area contributed by atoms with E-state index in [0.29, 0.717) is 17.1 Å². The highest BCUT2D eigenvalue weighted by Crippen LogP contribution is 2.38. The van der Waals surface area contributed by atoms with E-state index in [1.165, 1.54) is 23.5 Å². The van der Waals surface area contributed by atoms with Crippen LogP contribution >= 0.6 is 11.3 Å². The third kappa shape index (κ3) is 2.20. The number of benzene rings is 1. The number of hydrogen-bond donors (Lipinski definition) is 1. The summed E-state index contributed by atoms with van der Waals surface area (Å²) in [6.07, 6.45) is 2.11. The van der Waals surface area contributed by atoms with Gasteiger partial charge in [0.25, 0.3) is 0 Å². The molecule has 1 aliphatic carbocycles. The number of carboxylic acids is 1. The van der Waals surface area contributed by atoms with Crippen molar-refractivity contribution < 1.29 is 18.7 Å². The maximum atomic E-state index is 13.8. The largest absolute Gasteiger partial charge is 0.481 e. The molecule has 2 aromatic rings. The average Bonchev–Trinajstić information content (AvgIpc) is 2.81. The minimum atomic E-state index is -0.901. The smallest absolute Gasteiger partial charge is 0.312 e. The van der Waals surface area contributed by atoms with Crippen LogP contribution < -0.4 is 0 Å². The van der Waals surface area contributed by atoms with Gasteiger partial charge in [0.05, 0.1) is 11.6 Å². The molecule has 0 saturated carbocycles. The Bertz CT molecular complexity index is 684. The molecule has 1 aromatic carbocycles. The predicted octanol–water partition coefficient (Wildman–Crippen LogP) is 3.59. The Morgan fingerprint density at radius 2 is 2.20 bits per heavy atom. The van der Waals surface area contributed by atoms with Gasteiger partial charge in [0, 0.05) is 16.5 Å². The van der Waals surface area contributed by atoms with Gasteiger partial charge in [-0.05, 0) is 31.4 Å². The lowest BCUT2D eigenvalue weighted by Gasteiger charge is -2.16. The van der Waals surface area contributed by atoms with E-state index in [9.17, 15) is 18.7 Å². The Morgan fingerprint density at radius 3 is 2.90 bits per heavy atom. The quantitative estimate of drug-likeness (QED) is 0.921. The summed E-state index contributed by atoms with van der Waals surface area (Å²) < 4.78 is 26.7. The van der Waals surface area contributed by atoms with Gasteiger partial charge in [0.15, 0.2) is 0 Å². The van der Waals surface area contributed by atoms with E-state index in [-0.39, 0.29) is 5.56 Å². The van der Waals surface area contributed by atoms with Gasteiger partial charge in [-0.25, -0.2) is 13.8 Å². The number of nitrogens with zero attached hydrogens (tertiary/aromatic N) is 1. The number of thiazole rings is 1. The summed E-state index contributed by atoms with van der Waals surface area (Å²) in [6.45, 7) is 0. The molecule has 0 aliphatic heterocycles. The lowest BCUT2D eigenvalue weighted by molar-refractivity contribution is -0.139. The summed E-state index contributed by atoms with van der Waals surface area (Å²) in [5.41, 5.74) is 0.752. The summed E-state index contributed by atoms with van der Waals surface area (Å²) in [5, 5.41) is 9.61. The Morgan fingerprint density at radius 1 is 1.40 bits per heavy atom. The molecule has 1 heterocycles. The molecule has 3 nitrogen and oxygen atoms in total. The molecule has 0 spiro atoms. The van der Waals surface area contributed by atoms with Gasteiger partial charge in [-0.1, -0.05) is 0 Å². The molecule has 0 amide bonds. The fourth-order valence-electron chi connectivity index (χ4n) is 2.44.